The minimum Gasteiger partial charge on any atom is -0.346 e. The highest BCUT2D eigenvalue weighted by atomic mass is 79.9. The average molecular weight is 430 g/mol. The van der Waals surface area contributed by atoms with Crippen LogP contribution in [0.25, 0.3) is 22.3 Å². The fraction of sp³-hybridized carbons (Fsp3) is 0.105. The zero-order valence-electron chi connectivity index (χ0n) is 14.0. The Morgan fingerprint density at radius 2 is 2.15 bits per heavy atom. The van der Waals surface area contributed by atoms with Gasteiger partial charge in [-0.1, -0.05) is 28.1 Å². The summed E-state index contributed by atoms with van der Waals surface area (Å²) in [6.45, 7) is 0. The van der Waals surface area contributed by atoms with Crippen molar-refractivity contribution < 1.29 is 8.78 Å². The molecule has 8 heteroatoms. The van der Waals surface area contributed by atoms with E-state index in [0.29, 0.717) is 0 Å². The Kier molecular flexibility index (Phi) is 4.81. The first kappa shape index (κ1) is 17.5. The molecule has 0 amide bonds. The van der Waals surface area contributed by atoms with Gasteiger partial charge in [0.2, 0.25) is 0 Å². The number of fused-ring (bicyclic) bond motifs is 1. The van der Waals surface area contributed by atoms with Crippen molar-refractivity contribution in [2.45, 2.75) is 12.5 Å². The van der Waals surface area contributed by atoms with Gasteiger partial charge in [0.15, 0.2) is 0 Å². The van der Waals surface area contributed by atoms with Crippen LogP contribution < -0.4 is 0 Å². The molecule has 0 spiro atoms. The largest absolute Gasteiger partial charge is 0.346 e. The van der Waals surface area contributed by atoms with Crippen molar-refractivity contribution in [1.82, 2.24) is 24.7 Å². The van der Waals surface area contributed by atoms with Gasteiger partial charge in [0.1, 0.15) is 12.0 Å². The summed E-state index contributed by atoms with van der Waals surface area (Å²) in [7, 11) is 0. The maximum atomic E-state index is 12.7. The highest BCUT2D eigenvalue weighted by molar-refractivity contribution is 9.10. The average Bonchev–Trinajstić information content (AvgIpc) is 3.31. The number of halogens is 3. The lowest BCUT2D eigenvalue weighted by Crippen LogP contribution is -2.10. The van der Waals surface area contributed by atoms with Crippen molar-refractivity contribution in [3.63, 3.8) is 0 Å². The molecule has 1 atom stereocenters. The molecule has 0 aliphatic heterocycles. The predicted octanol–water partition coefficient (Wildman–Crippen LogP) is 5.34. The van der Waals surface area contributed by atoms with Crippen LogP contribution in [-0.2, 0) is 0 Å². The summed E-state index contributed by atoms with van der Waals surface area (Å²) in [4.78, 5) is 11.6. The quantitative estimate of drug-likeness (QED) is 0.465. The first-order valence-electron chi connectivity index (χ1n) is 8.21. The fourth-order valence-electron chi connectivity index (χ4n) is 3.04. The zero-order chi connectivity index (χ0) is 18.8. The summed E-state index contributed by atoms with van der Waals surface area (Å²) in [5, 5.41) is 5.31. The van der Waals surface area contributed by atoms with Gasteiger partial charge in [0.05, 0.1) is 17.9 Å². The Labute approximate surface area is 161 Å². The summed E-state index contributed by atoms with van der Waals surface area (Å²) >= 11 is 3.43. The van der Waals surface area contributed by atoms with Gasteiger partial charge in [-0.25, -0.2) is 9.97 Å². The second-order valence-corrected chi connectivity index (χ2v) is 6.89. The van der Waals surface area contributed by atoms with E-state index in [-0.39, 0.29) is 12.5 Å². The Balaban J connectivity index is 1.75. The smallest absolute Gasteiger partial charge is 0.266 e. The van der Waals surface area contributed by atoms with Crippen LogP contribution in [-0.4, -0.2) is 24.7 Å². The van der Waals surface area contributed by atoms with Crippen molar-refractivity contribution in [2.75, 3.05) is 0 Å². The third kappa shape index (κ3) is 3.66. The first-order chi connectivity index (χ1) is 13.1. The highest BCUT2D eigenvalue weighted by Gasteiger charge is 2.17. The van der Waals surface area contributed by atoms with Gasteiger partial charge in [-0.05, 0) is 36.3 Å². The topological polar surface area (TPSA) is 59.4 Å². The van der Waals surface area contributed by atoms with E-state index in [4.69, 9.17) is 0 Å². The third-order valence-electron chi connectivity index (χ3n) is 4.28. The van der Waals surface area contributed by atoms with Crippen LogP contribution in [0.5, 0.6) is 0 Å². The molecule has 0 radical (unpaired) electrons. The molecule has 4 aromatic rings. The number of nitrogens with one attached hydrogen (secondary N) is 1. The van der Waals surface area contributed by atoms with Gasteiger partial charge in [-0.15, -0.1) is 0 Å². The van der Waals surface area contributed by atoms with Gasteiger partial charge in [0, 0.05) is 27.8 Å². The van der Waals surface area contributed by atoms with Crippen LogP contribution >= 0.6 is 15.9 Å². The van der Waals surface area contributed by atoms with Crippen LogP contribution in [0.4, 0.5) is 8.78 Å². The standard InChI is InChI=1S/C19H14BrF2N5/c20-14-3-1-2-12(8-14)16(4-5-17(21)22)27-10-13(9-26-27)18-15-6-7-23-19(15)25-11-24-18/h1-3,5-11,16H,4H2,(H,23,24,25). The molecule has 5 nitrogen and oxygen atoms in total. The van der Waals surface area contributed by atoms with Crippen LogP contribution in [0.1, 0.15) is 18.0 Å². The Hall–Kier alpha value is -2.87. The van der Waals surface area contributed by atoms with E-state index >= 15 is 0 Å². The zero-order valence-corrected chi connectivity index (χ0v) is 15.6. The number of benzene rings is 1. The monoisotopic (exact) mass is 429 g/mol. The predicted molar refractivity (Wildman–Crippen MR) is 102 cm³/mol. The van der Waals surface area contributed by atoms with Crippen LogP contribution in [0.15, 0.2) is 71.9 Å². The van der Waals surface area contributed by atoms with Gasteiger partial charge in [-0.3, -0.25) is 4.68 Å². The van der Waals surface area contributed by atoms with E-state index in [1.165, 1.54) is 6.33 Å². The molecule has 0 fully saturated rings. The number of aromatic nitrogens is 5. The fourth-order valence-corrected chi connectivity index (χ4v) is 3.46. The molecule has 27 heavy (non-hydrogen) atoms. The molecule has 1 aromatic carbocycles. The number of H-pyrrole nitrogens is 1. The van der Waals surface area contributed by atoms with Gasteiger partial charge >= 0.3 is 0 Å². The number of aromatic amines is 1. The Bertz CT molecular complexity index is 1110. The molecule has 0 aliphatic rings. The number of hydrogen-bond donors (Lipinski definition) is 1. The second-order valence-electron chi connectivity index (χ2n) is 5.97. The molecular weight excluding hydrogens is 416 g/mol. The summed E-state index contributed by atoms with van der Waals surface area (Å²) in [6, 6.07) is 9.11. The van der Waals surface area contributed by atoms with E-state index in [2.05, 4.69) is 36.0 Å². The molecule has 0 bridgehead atoms. The van der Waals surface area contributed by atoms with Crippen molar-refractivity contribution in [3.05, 3.63) is 77.4 Å². The minimum absolute atomic E-state index is 0.128. The van der Waals surface area contributed by atoms with Crippen LogP contribution in [0.3, 0.4) is 0 Å². The van der Waals surface area contributed by atoms with E-state index in [9.17, 15) is 8.78 Å². The molecule has 1 unspecified atom stereocenters. The van der Waals surface area contributed by atoms with Crippen molar-refractivity contribution in [1.29, 1.82) is 0 Å². The van der Waals surface area contributed by atoms with Crippen LogP contribution in [0.2, 0.25) is 0 Å². The lowest BCUT2D eigenvalue weighted by Gasteiger charge is -2.16. The maximum Gasteiger partial charge on any atom is 0.266 e. The van der Waals surface area contributed by atoms with E-state index in [1.54, 1.807) is 17.1 Å². The van der Waals surface area contributed by atoms with E-state index in [0.717, 1.165) is 38.4 Å². The molecule has 0 saturated heterocycles. The lowest BCUT2D eigenvalue weighted by atomic mass is 10.0. The molecule has 3 aromatic heterocycles. The number of nitrogens with zero attached hydrogens (tertiary/aromatic N) is 4. The van der Waals surface area contributed by atoms with Crippen LogP contribution in [0, 0.1) is 0 Å². The molecule has 0 saturated carbocycles. The lowest BCUT2D eigenvalue weighted by molar-refractivity contribution is 0.411. The normalized spacial score (nSPS) is 12.3. The Morgan fingerprint density at radius 3 is 2.96 bits per heavy atom. The Morgan fingerprint density at radius 1 is 1.26 bits per heavy atom. The molecule has 0 aliphatic carbocycles. The number of rotatable bonds is 5. The van der Waals surface area contributed by atoms with Gasteiger partial charge in [0.25, 0.3) is 6.08 Å². The second kappa shape index (κ2) is 7.40. The molecule has 136 valence electrons. The molecule has 3 heterocycles. The first-order valence-corrected chi connectivity index (χ1v) is 9.00. The minimum atomic E-state index is -1.70. The SMILES string of the molecule is FC(F)=CCC(c1cccc(Br)c1)n1cc(-c2ncnc3[nH]ccc23)cn1. The third-order valence-corrected chi connectivity index (χ3v) is 4.77. The van der Waals surface area contributed by atoms with E-state index < -0.39 is 6.08 Å². The number of allylic oxidation sites excluding steroid dienone is 1. The maximum absolute atomic E-state index is 12.7. The summed E-state index contributed by atoms with van der Waals surface area (Å²) < 4.78 is 28.0. The highest BCUT2D eigenvalue weighted by Crippen LogP contribution is 2.29. The summed E-state index contributed by atoms with van der Waals surface area (Å²) in [6.07, 6.45) is 6.14. The van der Waals surface area contributed by atoms with Crippen molar-refractivity contribution in [3.8, 4) is 11.3 Å². The van der Waals surface area contributed by atoms with Crippen molar-refractivity contribution >= 4 is 27.0 Å². The molecular formula is C19H14BrF2N5. The van der Waals surface area contributed by atoms with E-state index in [1.807, 2.05) is 36.5 Å². The molecule has 1 N–H and O–H groups in total. The van der Waals surface area contributed by atoms with Gasteiger partial charge < -0.3 is 4.98 Å². The summed E-state index contributed by atoms with van der Waals surface area (Å²) in [5.41, 5.74) is 3.16. The van der Waals surface area contributed by atoms with Crippen molar-refractivity contribution in [2.24, 2.45) is 0 Å². The number of hydrogen-bond acceptors (Lipinski definition) is 3. The molecule has 4 rings (SSSR count). The van der Waals surface area contributed by atoms with Gasteiger partial charge in [-0.2, -0.15) is 13.9 Å². The summed E-state index contributed by atoms with van der Waals surface area (Å²) in [5.74, 6) is 0.